The number of aryl methyl sites for hydroxylation is 6. The summed E-state index contributed by atoms with van der Waals surface area (Å²) in [6.45, 7) is 11.6. The fraction of sp³-hybridized carbons (Fsp3) is 0.365. The maximum atomic E-state index is 2.45. The molecule has 3 aromatic heterocycles. The topological polar surface area (TPSA) is 11.6 Å². The molecule has 0 fully saturated rings. The molecule has 6 rings (SSSR count). The number of rotatable bonds is 16. The molecule has 3 heterocycles. The average Bonchev–Trinajstić information content (AvgIpc) is 3.21. The van der Waals surface area contributed by atoms with Gasteiger partial charge in [0.25, 0.3) is 11.4 Å². The molecule has 3 aromatic carbocycles. The van der Waals surface area contributed by atoms with Gasteiger partial charge in [-0.1, -0.05) is 94.8 Å². The first-order valence-corrected chi connectivity index (χ1v) is 20.9. The van der Waals surface area contributed by atoms with Crippen LogP contribution in [0, 0.1) is 6.92 Å². The molecule has 0 saturated heterocycles. The van der Waals surface area contributed by atoms with Crippen LogP contribution in [0.25, 0.3) is 22.6 Å². The Balaban J connectivity index is 1.07. The second kappa shape index (κ2) is 17.7. The summed E-state index contributed by atoms with van der Waals surface area (Å²) >= 11 is 0. The molecule has 0 spiro atoms. The van der Waals surface area contributed by atoms with Crippen molar-refractivity contribution in [3.05, 3.63) is 173 Å². The van der Waals surface area contributed by atoms with E-state index in [1.807, 2.05) is 0 Å². The normalized spacial score (nSPS) is 11.9. The zero-order valence-electron chi connectivity index (χ0n) is 34.9. The van der Waals surface area contributed by atoms with Gasteiger partial charge in [0.15, 0.2) is 18.6 Å². The molecule has 6 aromatic rings. The first-order valence-electron chi connectivity index (χ1n) is 20.9. The van der Waals surface area contributed by atoms with Crippen molar-refractivity contribution in [2.75, 3.05) is 0 Å². The quantitative estimate of drug-likeness (QED) is 0.0694. The molecule has 0 radical (unpaired) electrons. The van der Waals surface area contributed by atoms with Crippen LogP contribution >= 0.6 is 0 Å². The molecule has 0 aliphatic rings. The first-order chi connectivity index (χ1) is 26.7. The molecule has 3 nitrogen and oxygen atoms in total. The van der Waals surface area contributed by atoms with Crippen LogP contribution in [0.3, 0.4) is 0 Å². The summed E-state index contributed by atoms with van der Waals surface area (Å²) in [6.07, 6.45) is 16.7. The van der Waals surface area contributed by atoms with Gasteiger partial charge in [-0.15, -0.1) is 0 Å². The predicted molar refractivity (Wildman–Crippen MR) is 229 cm³/mol. The molecule has 0 bridgehead atoms. The predicted octanol–water partition coefficient (Wildman–Crippen LogP) is 11.0. The highest BCUT2D eigenvalue weighted by molar-refractivity contribution is 5.63. The van der Waals surface area contributed by atoms with Crippen molar-refractivity contribution in [1.82, 2.24) is 0 Å². The summed E-state index contributed by atoms with van der Waals surface area (Å²) in [6, 6.07) is 44.0. The van der Waals surface area contributed by atoms with Crippen LogP contribution in [0.15, 0.2) is 134 Å². The SMILES string of the molecule is CCC(CC)(c1ccc(CCCCCc2ccc(C(CC)(CC)c3cc[n+](C)c(-c4cccc[n+]4C)c3)cc2)cc1)c1ccc(C)c(-c2cccc[n+]2C)c1. The third-order valence-electron chi connectivity index (χ3n) is 13.0. The van der Waals surface area contributed by atoms with Crippen LogP contribution in [0.5, 0.6) is 0 Å². The maximum absolute atomic E-state index is 2.45. The minimum atomic E-state index is -0.0120. The van der Waals surface area contributed by atoms with Crippen LogP contribution in [-0.4, -0.2) is 0 Å². The Morgan fingerprint density at radius 3 is 1.36 bits per heavy atom. The van der Waals surface area contributed by atoms with Crippen LogP contribution in [0.1, 0.15) is 112 Å². The van der Waals surface area contributed by atoms with Crippen LogP contribution < -0.4 is 13.7 Å². The summed E-state index contributed by atoms with van der Waals surface area (Å²) in [5.74, 6) is 0. The molecular formula is C52H64N3+3. The molecule has 3 heteroatoms. The summed E-state index contributed by atoms with van der Waals surface area (Å²) < 4.78 is 6.68. The molecule has 284 valence electrons. The second-order valence-electron chi connectivity index (χ2n) is 15.9. The highest BCUT2D eigenvalue weighted by Crippen LogP contribution is 2.41. The van der Waals surface area contributed by atoms with E-state index < -0.39 is 0 Å². The third kappa shape index (κ3) is 8.23. The van der Waals surface area contributed by atoms with Gasteiger partial charge in [-0.3, -0.25) is 0 Å². The van der Waals surface area contributed by atoms with E-state index in [1.54, 1.807) is 0 Å². The highest BCUT2D eigenvalue weighted by atomic mass is 15.0. The largest absolute Gasteiger partial charge is 0.277 e. The van der Waals surface area contributed by atoms with Crippen molar-refractivity contribution in [3.63, 3.8) is 0 Å². The number of aromatic nitrogens is 3. The van der Waals surface area contributed by atoms with Crippen LogP contribution in [0.2, 0.25) is 0 Å². The molecule has 0 N–H and O–H groups in total. The van der Waals surface area contributed by atoms with Crippen LogP contribution in [-0.2, 0) is 44.8 Å². The lowest BCUT2D eigenvalue weighted by atomic mass is 9.70. The number of nitrogens with zero attached hydrogens (tertiary/aromatic N) is 3. The minimum absolute atomic E-state index is 0.000391. The van der Waals surface area contributed by atoms with Crippen molar-refractivity contribution in [2.45, 2.75) is 103 Å². The number of benzene rings is 3. The van der Waals surface area contributed by atoms with E-state index >= 15 is 0 Å². The van der Waals surface area contributed by atoms with Crippen LogP contribution in [0.4, 0.5) is 0 Å². The zero-order chi connectivity index (χ0) is 39.0. The van der Waals surface area contributed by atoms with E-state index in [0.717, 1.165) is 38.5 Å². The van der Waals surface area contributed by atoms with Crippen molar-refractivity contribution in [1.29, 1.82) is 0 Å². The summed E-state index contributed by atoms with van der Waals surface area (Å²) in [7, 11) is 6.41. The van der Waals surface area contributed by atoms with Gasteiger partial charge in [-0.05, 0) is 115 Å². The lowest BCUT2D eigenvalue weighted by molar-refractivity contribution is -0.690. The molecule has 0 atom stereocenters. The average molecular weight is 731 g/mol. The molecule has 0 saturated carbocycles. The van der Waals surface area contributed by atoms with Gasteiger partial charge in [0.05, 0.1) is 0 Å². The molecule has 0 unspecified atom stereocenters. The third-order valence-corrected chi connectivity index (χ3v) is 13.0. The number of unbranched alkanes of at least 4 members (excludes halogenated alkanes) is 2. The van der Waals surface area contributed by atoms with Gasteiger partial charge in [0.1, 0.15) is 21.1 Å². The van der Waals surface area contributed by atoms with Gasteiger partial charge in [0.2, 0.25) is 5.69 Å². The Morgan fingerprint density at radius 2 is 0.873 bits per heavy atom. The van der Waals surface area contributed by atoms with Gasteiger partial charge in [0, 0.05) is 52.8 Å². The zero-order valence-corrected chi connectivity index (χ0v) is 34.9. The Morgan fingerprint density at radius 1 is 0.418 bits per heavy atom. The Kier molecular flexibility index (Phi) is 12.8. The minimum Gasteiger partial charge on any atom is -0.201 e. The Labute approximate surface area is 332 Å². The first kappa shape index (κ1) is 39.8. The van der Waals surface area contributed by atoms with Crippen molar-refractivity contribution in [3.8, 4) is 22.6 Å². The number of pyridine rings is 3. The lowest BCUT2D eigenvalue weighted by Crippen LogP contribution is -2.39. The standard InChI is InChI=1S/C52H64N3/c1-9-51(10-2,45-29-24-40(5)47(38-45)48-22-16-18-35-53(48)6)43-30-25-41(26-31-43)20-14-13-15-21-42-27-32-44(33-28-42)52(11-3,12-4)46-34-37-55(8)50(39-46)49-23-17-19-36-54(49)7/h16-19,22-39H,9-15,20-21H2,1-8H3/q+3. The van der Waals surface area contributed by atoms with E-state index in [0.29, 0.717) is 0 Å². The van der Waals surface area contributed by atoms with E-state index in [9.17, 15) is 0 Å². The lowest BCUT2D eigenvalue weighted by Gasteiger charge is -2.34. The van der Waals surface area contributed by atoms with Gasteiger partial charge in [-0.2, -0.15) is 9.13 Å². The van der Waals surface area contributed by atoms with Crippen molar-refractivity contribution >= 4 is 0 Å². The van der Waals surface area contributed by atoms with Gasteiger partial charge < -0.3 is 0 Å². The van der Waals surface area contributed by atoms with E-state index in [4.69, 9.17) is 0 Å². The molecule has 0 amide bonds. The molecule has 0 aliphatic heterocycles. The second-order valence-corrected chi connectivity index (χ2v) is 15.9. The van der Waals surface area contributed by atoms with Crippen molar-refractivity contribution < 1.29 is 13.7 Å². The number of hydrogen-bond donors (Lipinski definition) is 0. The summed E-state index contributed by atoms with van der Waals surface area (Å²) in [5, 5.41) is 0. The molecular weight excluding hydrogens is 667 g/mol. The molecule has 0 aliphatic carbocycles. The van der Waals surface area contributed by atoms with E-state index in [2.05, 4.69) is 203 Å². The Hall–Kier alpha value is -4.89. The summed E-state index contributed by atoms with van der Waals surface area (Å²) in [5.41, 5.74) is 14.9. The molecule has 55 heavy (non-hydrogen) atoms. The fourth-order valence-corrected chi connectivity index (χ4v) is 9.19. The van der Waals surface area contributed by atoms with Gasteiger partial charge >= 0.3 is 0 Å². The maximum Gasteiger partial charge on any atom is 0.277 e. The smallest absolute Gasteiger partial charge is 0.201 e. The monoisotopic (exact) mass is 731 g/mol. The highest BCUT2D eigenvalue weighted by Gasteiger charge is 2.34. The van der Waals surface area contributed by atoms with E-state index in [1.165, 1.54) is 80.9 Å². The van der Waals surface area contributed by atoms with Gasteiger partial charge in [-0.25, -0.2) is 4.57 Å². The Bertz CT molecular complexity index is 2010. The van der Waals surface area contributed by atoms with Crippen molar-refractivity contribution in [2.24, 2.45) is 21.1 Å². The fourth-order valence-electron chi connectivity index (χ4n) is 9.19. The summed E-state index contributed by atoms with van der Waals surface area (Å²) in [4.78, 5) is 0. The van der Waals surface area contributed by atoms with E-state index in [-0.39, 0.29) is 10.8 Å². The number of hydrogen-bond acceptors (Lipinski definition) is 0.